The molecule has 1 amide bonds. The van der Waals surface area contributed by atoms with Gasteiger partial charge in [-0.15, -0.1) is 0 Å². The van der Waals surface area contributed by atoms with Gasteiger partial charge in [0.05, 0.1) is 17.1 Å². The molecule has 28 heavy (non-hydrogen) atoms. The number of aryl methyl sites for hydroxylation is 1. The van der Waals surface area contributed by atoms with Crippen LogP contribution in [0.15, 0.2) is 42.5 Å². The van der Waals surface area contributed by atoms with E-state index in [1.165, 1.54) is 24.3 Å². The highest BCUT2D eigenvalue weighted by Gasteiger charge is 2.30. The van der Waals surface area contributed by atoms with Gasteiger partial charge < -0.3 is 11.1 Å². The fraction of sp³-hybridized carbons (Fsp3) is 0.200. The number of nitrogens with two attached hydrogens (primary N) is 1. The Balaban J connectivity index is 1.84. The lowest BCUT2D eigenvalue weighted by atomic mass is 10.0. The van der Waals surface area contributed by atoms with Crippen molar-refractivity contribution in [3.8, 4) is 0 Å². The van der Waals surface area contributed by atoms with Crippen molar-refractivity contribution in [2.75, 3.05) is 5.73 Å². The zero-order valence-corrected chi connectivity index (χ0v) is 15.1. The van der Waals surface area contributed by atoms with E-state index in [1.54, 1.807) is 19.9 Å². The molecular formula is C20H17F4N3O. The number of nitrogens with zero attached hydrogens (tertiary/aromatic N) is 1. The Morgan fingerprint density at radius 2 is 1.86 bits per heavy atom. The van der Waals surface area contributed by atoms with Gasteiger partial charge in [-0.25, -0.2) is 9.37 Å². The van der Waals surface area contributed by atoms with Crippen LogP contribution in [0.2, 0.25) is 0 Å². The average Bonchev–Trinajstić information content (AvgIpc) is 2.62. The number of rotatable bonds is 3. The molecule has 0 aliphatic rings. The highest BCUT2D eigenvalue weighted by molar-refractivity contribution is 5.95. The number of hydrogen-bond acceptors (Lipinski definition) is 3. The Morgan fingerprint density at radius 3 is 2.54 bits per heavy atom. The largest absolute Gasteiger partial charge is 0.416 e. The molecule has 2 aromatic carbocycles. The Hall–Kier alpha value is -3.16. The molecular weight excluding hydrogens is 374 g/mol. The molecule has 0 radical (unpaired) electrons. The fourth-order valence-corrected chi connectivity index (χ4v) is 2.83. The molecule has 146 valence electrons. The number of benzene rings is 2. The molecule has 0 aliphatic carbocycles. The summed E-state index contributed by atoms with van der Waals surface area (Å²) in [6, 6.07) is 7.91. The standard InChI is InChI=1S/C20H17F4N3O/c1-10-7-14(15(21)9-16(10)25)11(2)26-19(28)18-5-3-12-8-13(20(22,23)24)4-6-17(12)27-18/h3-9,11H,25H2,1-2H3,(H,26,28)/t11-/m1/s1. The molecule has 1 atom stereocenters. The average molecular weight is 391 g/mol. The molecule has 4 nitrogen and oxygen atoms in total. The van der Waals surface area contributed by atoms with Crippen molar-refractivity contribution >= 4 is 22.5 Å². The molecule has 0 unspecified atom stereocenters. The Morgan fingerprint density at radius 1 is 1.14 bits per heavy atom. The second kappa shape index (κ2) is 7.10. The highest BCUT2D eigenvalue weighted by atomic mass is 19.4. The zero-order valence-electron chi connectivity index (χ0n) is 15.1. The Bertz CT molecular complexity index is 1060. The SMILES string of the molecule is Cc1cc([C@@H](C)NC(=O)c2ccc3cc(C(F)(F)F)ccc3n2)c(F)cc1N. The predicted octanol–water partition coefficient (Wildman–Crippen LogP) is 4.77. The molecule has 0 bridgehead atoms. The van der Waals surface area contributed by atoms with Crippen molar-refractivity contribution in [2.24, 2.45) is 0 Å². The number of nitrogens with one attached hydrogen (secondary N) is 1. The number of amides is 1. The maximum atomic E-state index is 14.1. The number of halogens is 4. The van der Waals surface area contributed by atoms with Crippen molar-refractivity contribution in [1.82, 2.24) is 10.3 Å². The first-order valence-corrected chi connectivity index (χ1v) is 8.40. The van der Waals surface area contributed by atoms with Gasteiger partial charge in [-0.3, -0.25) is 4.79 Å². The first-order chi connectivity index (χ1) is 13.1. The summed E-state index contributed by atoms with van der Waals surface area (Å²) in [5, 5.41) is 2.90. The number of fused-ring (bicyclic) bond motifs is 1. The van der Waals surface area contributed by atoms with Gasteiger partial charge in [0.15, 0.2) is 0 Å². The molecule has 3 rings (SSSR count). The maximum absolute atomic E-state index is 14.1. The van der Waals surface area contributed by atoms with Gasteiger partial charge in [0.1, 0.15) is 11.5 Å². The summed E-state index contributed by atoms with van der Waals surface area (Å²) in [5.74, 6) is -1.11. The van der Waals surface area contributed by atoms with E-state index in [4.69, 9.17) is 5.73 Å². The molecule has 1 heterocycles. The minimum atomic E-state index is -4.46. The van der Waals surface area contributed by atoms with Gasteiger partial charge in [0, 0.05) is 16.6 Å². The van der Waals surface area contributed by atoms with Crippen LogP contribution in [-0.2, 0) is 6.18 Å². The van der Waals surface area contributed by atoms with Crippen LogP contribution >= 0.6 is 0 Å². The van der Waals surface area contributed by atoms with E-state index in [1.807, 2.05) is 0 Å². The van der Waals surface area contributed by atoms with E-state index in [2.05, 4.69) is 10.3 Å². The van der Waals surface area contributed by atoms with Crippen molar-refractivity contribution in [2.45, 2.75) is 26.1 Å². The lowest BCUT2D eigenvalue weighted by Crippen LogP contribution is -2.28. The van der Waals surface area contributed by atoms with Gasteiger partial charge in [-0.1, -0.05) is 6.07 Å². The van der Waals surface area contributed by atoms with E-state index in [-0.39, 0.29) is 22.2 Å². The normalized spacial score (nSPS) is 12.8. The van der Waals surface area contributed by atoms with E-state index in [0.29, 0.717) is 11.3 Å². The minimum Gasteiger partial charge on any atom is -0.398 e. The first kappa shape index (κ1) is 19.6. The summed E-state index contributed by atoms with van der Waals surface area (Å²) in [4.78, 5) is 16.6. The number of hydrogen-bond donors (Lipinski definition) is 2. The van der Waals surface area contributed by atoms with Gasteiger partial charge in [0.2, 0.25) is 0 Å². The first-order valence-electron chi connectivity index (χ1n) is 8.40. The summed E-state index contributed by atoms with van der Waals surface area (Å²) in [6.07, 6.45) is -4.46. The van der Waals surface area contributed by atoms with E-state index in [0.717, 1.165) is 12.1 Å². The third-order valence-electron chi connectivity index (χ3n) is 4.45. The summed E-state index contributed by atoms with van der Waals surface area (Å²) < 4.78 is 52.5. The van der Waals surface area contributed by atoms with Crippen LogP contribution in [-0.4, -0.2) is 10.9 Å². The van der Waals surface area contributed by atoms with Crippen molar-refractivity contribution in [3.63, 3.8) is 0 Å². The molecule has 3 aromatic rings. The molecule has 0 saturated heterocycles. The molecule has 1 aromatic heterocycles. The minimum absolute atomic E-state index is 0.0201. The number of carbonyl (C=O) groups excluding carboxylic acids is 1. The summed E-state index contributed by atoms with van der Waals surface area (Å²) >= 11 is 0. The number of nitrogen functional groups attached to an aromatic ring is 1. The lowest BCUT2D eigenvalue weighted by molar-refractivity contribution is -0.137. The van der Waals surface area contributed by atoms with Gasteiger partial charge >= 0.3 is 6.18 Å². The number of alkyl halides is 3. The van der Waals surface area contributed by atoms with Gasteiger partial charge in [0.25, 0.3) is 5.91 Å². The van der Waals surface area contributed by atoms with Gasteiger partial charge in [-0.2, -0.15) is 13.2 Å². The quantitative estimate of drug-likeness (QED) is 0.499. The summed E-state index contributed by atoms with van der Waals surface area (Å²) in [7, 11) is 0. The molecule has 0 aliphatic heterocycles. The van der Waals surface area contributed by atoms with Crippen molar-refractivity contribution < 1.29 is 22.4 Å². The van der Waals surface area contributed by atoms with Crippen molar-refractivity contribution in [3.05, 3.63) is 70.7 Å². The van der Waals surface area contributed by atoms with E-state index in [9.17, 15) is 22.4 Å². The topological polar surface area (TPSA) is 68.0 Å². The van der Waals surface area contributed by atoms with Crippen LogP contribution in [0, 0.1) is 12.7 Å². The molecule has 0 spiro atoms. The maximum Gasteiger partial charge on any atom is 0.416 e. The number of anilines is 1. The van der Waals surface area contributed by atoms with Crippen LogP contribution < -0.4 is 11.1 Å². The third kappa shape index (κ3) is 3.90. The number of carbonyl (C=O) groups is 1. The zero-order chi connectivity index (χ0) is 20.6. The number of pyridine rings is 1. The monoisotopic (exact) mass is 391 g/mol. The number of aromatic nitrogens is 1. The molecule has 0 saturated carbocycles. The lowest BCUT2D eigenvalue weighted by Gasteiger charge is -2.16. The van der Waals surface area contributed by atoms with Crippen LogP contribution in [0.1, 0.15) is 40.1 Å². The second-order valence-corrected chi connectivity index (χ2v) is 6.53. The predicted molar refractivity (Wildman–Crippen MR) is 98.2 cm³/mol. The highest BCUT2D eigenvalue weighted by Crippen LogP contribution is 2.31. The summed E-state index contributed by atoms with van der Waals surface area (Å²) in [6.45, 7) is 3.34. The Labute approximate surface area is 158 Å². The fourth-order valence-electron chi connectivity index (χ4n) is 2.83. The van der Waals surface area contributed by atoms with E-state index < -0.39 is 29.5 Å². The molecule has 8 heteroatoms. The molecule has 0 fully saturated rings. The smallest absolute Gasteiger partial charge is 0.398 e. The second-order valence-electron chi connectivity index (χ2n) is 6.53. The van der Waals surface area contributed by atoms with Crippen LogP contribution in [0.4, 0.5) is 23.2 Å². The van der Waals surface area contributed by atoms with E-state index >= 15 is 0 Å². The van der Waals surface area contributed by atoms with Crippen LogP contribution in [0.5, 0.6) is 0 Å². The van der Waals surface area contributed by atoms with Crippen LogP contribution in [0.25, 0.3) is 10.9 Å². The van der Waals surface area contributed by atoms with Crippen molar-refractivity contribution in [1.29, 1.82) is 0 Å². The summed E-state index contributed by atoms with van der Waals surface area (Å²) in [5.41, 5.74) is 6.42. The Kier molecular flexibility index (Phi) is 4.97. The van der Waals surface area contributed by atoms with Gasteiger partial charge in [-0.05, 0) is 55.8 Å². The third-order valence-corrected chi connectivity index (χ3v) is 4.45. The van der Waals surface area contributed by atoms with Crippen LogP contribution in [0.3, 0.4) is 0 Å². The molecule has 3 N–H and O–H groups in total.